The van der Waals surface area contributed by atoms with Crippen LogP contribution in [-0.4, -0.2) is 17.0 Å². The topological polar surface area (TPSA) is 0 Å². The molecule has 0 spiro atoms. The summed E-state index contributed by atoms with van der Waals surface area (Å²) in [4.78, 5) is 0. The minimum atomic E-state index is -1.21. The molecule has 0 nitrogen and oxygen atoms in total. The highest BCUT2D eigenvalue weighted by Crippen LogP contribution is 2.74. The summed E-state index contributed by atoms with van der Waals surface area (Å²) in [6.45, 7) is 12.3. The summed E-state index contributed by atoms with van der Waals surface area (Å²) in [6, 6.07) is 0. The van der Waals surface area contributed by atoms with Crippen LogP contribution in [0.4, 0.5) is 0 Å². The van der Waals surface area contributed by atoms with Crippen molar-refractivity contribution in [1.29, 1.82) is 0 Å². The zero-order valence-electron chi connectivity index (χ0n) is 8.56. The molecule has 0 heterocycles. The van der Waals surface area contributed by atoms with Crippen LogP contribution in [-0.2, 0) is 0 Å². The van der Waals surface area contributed by atoms with E-state index in [2.05, 4.69) is 41.5 Å². The van der Waals surface area contributed by atoms with Crippen molar-refractivity contribution in [2.45, 2.75) is 58.5 Å². The second-order valence-electron chi connectivity index (χ2n) is 4.02. The summed E-state index contributed by atoms with van der Waals surface area (Å²) in [5.41, 5.74) is 1.97. The Morgan fingerprint density at radius 3 is 0.909 bits per heavy atom. The highest BCUT2D eigenvalue weighted by molar-refractivity contribution is 8.00. The minimum absolute atomic E-state index is 0.657. The zero-order valence-corrected chi connectivity index (χ0v) is 10.2. The fourth-order valence-electron chi connectivity index (χ4n) is 1.79. The summed E-state index contributed by atoms with van der Waals surface area (Å²) >= 11 is 6.66. The summed E-state index contributed by atoms with van der Waals surface area (Å²) in [5.74, 6) is 0. The first-order chi connectivity index (χ1) is 4.83. The van der Waals surface area contributed by atoms with Crippen LogP contribution in [0.1, 0.15) is 41.5 Å². The molecule has 0 aliphatic rings. The maximum Gasteiger partial charge on any atom is 0.121 e. The van der Waals surface area contributed by atoms with Crippen LogP contribution >= 0.6 is 17.9 Å². The van der Waals surface area contributed by atoms with Crippen LogP contribution in [0.2, 0.25) is 0 Å². The van der Waals surface area contributed by atoms with Crippen LogP contribution in [0.5, 0.6) is 0 Å². The van der Waals surface area contributed by atoms with Crippen molar-refractivity contribution in [1.82, 2.24) is 0 Å². The van der Waals surface area contributed by atoms with E-state index in [4.69, 9.17) is 11.2 Å². The lowest BCUT2D eigenvalue weighted by Crippen LogP contribution is -2.18. The molecule has 0 aliphatic carbocycles. The van der Waals surface area contributed by atoms with E-state index in [1.807, 2.05) is 0 Å². The fraction of sp³-hybridized carbons (Fsp3) is 1.00. The molecule has 0 saturated heterocycles. The summed E-state index contributed by atoms with van der Waals surface area (Å²) in [5, 5.41) is 0. The van der Waals surface area contributed by atoms with Crippen molar-refractivity contribution in [2.24, 2.45) is 0 Å². The zero-order chi connectivity index (χ0) is 9.23. The van der Waals surface area contributed by atoms with Gasteiger partial charge in [0.25, 0.3) is 0 Å². The van der Waals surface area contributed by atoms with E-state index in [9.17, 15) is 0 Å². The molecule has 0 saturated carbocycles. The van der Waals surface area contributed by atoms with Crippen molar-refractivity contribution in [3.63, 3.8) is 0 Å². The maximum atomic E-state index is 6.66. The van der Waals surface area contributed by atoms with Gasteiger partial charge in [0.15, 0.2) is 0 Å². The van der Waals surface area contributed by atoms with Crippen molar-refractivity contribution in [2.75, 3.05) is 0 Å². The molecule has 0 aromatic carbocycles. The molecular weight excluding hydrogens is 175 g/mol. The lowest BCUT2D eigenvalue weighted by atomic mass is 10.5. The van der Waals surface area contributed by atoms with Gasteiger partial charge >= 0.3 is 0 Å². The first-order valence-electron chi connectivity index (χ1n) is 4.41. The molecule has 0 atom stereocenters. The van der Waals surface area contributed by atoms with Gasteiger partial charge in [-0.2, -0.15) is 0 Å². The Labute approximate surface area is 76.8 Å². The van der Waals surface area contributed by atoms with Gasteiger partial charge in [0.05, 0.1) is 28.2 Å². The molecule has 2 heteroatoms. The van der Waals surface area contributed by atoms with E-state index in [1.165, 1.54) is 0 Å². The van der Waals surface area contributed by atoms with Crippen molar-refractivity contribution >= 4 is 17.9 Å². The predicted octanol–water partition coefficient (Wildman–Crippen LogP) is 4.38. The highest BCUT2D eigenvalue weighted by atomic mass is 35.7. The van der Waals surface area contributed by atoms with Gasteiger partial charge in [-0.25, -0.2) is 0 Å². The third kappa shape index (κ3) is 2.33. The Morgan fingerprint density at radius 2 is 0.909 bits per heavy atom. The molecule has 0 aromatic heterocycles. The van der Waals surface area contributed by atoms with E-state index in [-0.39, 0.29) is 0 Å². The van der Waals surface area contributed by atoms with Gasteiger partial charge in [-0.3, -0.25) is 0 Å². The quantitative estimate of drug-likeness (QED) is 0.587. The number of halogens is 1. The molecular formula is C9H21ClP+. The third-order valence-electron chi connectivity index (χ3n) is 2.37. The average molecular weight is 196 g/mol. The van der Waals surface area contributed by atoms with Gasteiger partial charge in [-0.05, 0) is 41.5 Å². The monoisotopic (exact) mass is 195 g/mol. The van der Waals surface area contributed by atoms with Crippen LogP contribution in [0.15, 0.2) is 0 Å². The van der Waals surface area contributed by atoms with E-state index >= 15 is 0 Å². The molecule has 0 aromatic rings. The summed E-state index contributed by atoms with van der Waals surface area (Å²) in [6.07, 6.45) is 0. The Balaban J connectivity index is 4.53. The number of hydrogen-bond donors (Lipinski definition) is 0. The van der Waals surface area contributed by atoms with Crippen molar-refractivity contribution in [3.05, 3.63) is 0 Å². The molecule has 0 rings (SSSR count). The molecule has 0 radical (unpaired) electrons. The summed E-state index contributed by atoms with van der Waals surface area (Å²) in [7, 11) is 0. The van der Waals surface area contributed by atoms with Gasteiger partial charge in [0, 0.05) is 0 Å². The first kappa shape index (κ1) is 11.7. The van der Waals surface area contributed by atoms with Gasteiger partial charge in [-0.15, -0.1) is 0 Å². The minimum Gasteiger partial charge on any atom is -0.0271 e. The molecule has 0 fully saturated rings. The van der Waals surface area contributed by atoms with E-state index in [1.54, 1.807) is 0 Å². The van der Waals surface area contributed by atoms with Crippen molar-refractivity contribution < 1.29 is 0 Å². The highest BCUT2D eigenvalue weighted by Gasteiger charge is 2.46. The average Bonchev–Trinajstić information content (AvgIpc) is 1.84. The Kier molecular flexibility index (Phi) is 4.37. The lowest BCUT2D eigenvalue weighted by Gasteiger charge is -2.30. The second kappa shape index (κ2) is 4.10. The second-order valence-corrected chi connectivity index (χ2v) is 10.4. The Morgan fingerprint density at radius 1 is 0.727 bits per heavy atom. The third-order valence-corrected chi connectivity index (χ3v) is 10.6. The Hall–Kier alpha value is 0.720. The number of rotatable bonds is 3. The van der Waals surface area contributed by atoms with E-state index in [0.717, 1.165) is 0 Å². The van der Waals surface area contributed by atoms with Crippen LogP contribution in [0.25, 0.3) is 0 Å². The molecule has 0 bridgehead atoms. The van der Waals surface area contributed by atoms with Crippen LogP contribution < -0.4 is 0 Å². The fourth-order valence-corrected chi connectivity index (χ4v) is 5.37. The van der Waals surface area contributed by atoms with Crippen LogP contribution in [0.3, 0.4) is 0 Å². The van der Waals surface area contributed by atoms with Gasteiger partial charge in [-0.1, -0.05) is 0 Å². The maximum absolute atomic E-state index is 6.66. The standard InChI is InChI=1S/C9H21ClP/c1-7(2)11(10,8(3)4)9(5)6/h7-9H,1-6H3/q+1. The van der Waals surface area contributed by atoms with Crippen LogP contribution in [0, 0.1) is 0 Å². The van der Waals surface area contributed by atoms with E-state index in [0.29, 0.717) is 17.0 Å². The van der Waals surface area contributed by atoms with Crippen molar-refractivity contribution in [3.8, 4) is 0 Å². The lowest BCUT2D eigenvalue weighted by molar-refractivity contribution is 0.937. The molecule has 0 amide bonds. The normalized spacial score (nSPS) is 13.6. The molecule has 0 unspecified atom stereocenters. The Bertz CT molecular complexity index is 97.0. The van der Waals surface area contributed by atoms with Gasteiger partial charge in [0.2, 0.25) is 0 Å². The smallest absolute Gasteiger partial charge is 0.0271 e. The van der Waals surface area contributed by atoms with E-state index < -0.39 is 6.62 Å². The molecule has 0 N–H and O–H groups in total. The molecule has 0 aliphatic heterocycles. The SMILES string of the molecule is CC(C)[P+](Cl)(C(C)C)C(C)C. The number of hydrogen-bond acceptors (Lipinski definition) is 0. The largest absolute Gasteiger partial charge is 0.121 e. The summed E-state index contributed by atoms with van der Waals surface area (Å²) < 4.78 is 0. The molecule has 68 valence electrons. The predicted molar refractivity (Wildman–Crippen MR) is 58.2 cm³/mol. The first-order valence-corrected chi connectivity index (χ1v) is 7.31. The van der Waals surface area contributed by atoms with Gasteiger partial charge < -0.3 is 0 Å². The van der Waals surface area contributed by atoms with Gasteiger partial charge in [0.1, 0.15) is 6.62 Å². The molecule has 11 heavy (non-hydrogen) atoms.